The molecule has 3 aromatic heterocycles. The zero-order valence-corrected chi connectivity index (χ0v) is 14.7. The van der Waals surface area contributed by atoms with Crippen LogP contribution in [-0.2, 0) is 17.8 Å². The molecule has 25 heavy (non-hydrogen) atoms. The normalized spacial score (nSPS) is 14.3. The molecule has 0 bridgehead atoms. The molecule has 1 aliphatic heterocycles. The molecule has 1 amide bonds. The van der Waals surface area contributed by atoms with E-state index in [0.717, 1.165) is 34.8 Å². The molecule has 0 unspecified atom stereocenters. The second-order valence-electron chi connectivity index (χ2n) is 6.10. The predicted octanol–water partition coefficient (Wildman–Crippen LogP) is 1.85. The summed E-state index contributed by atoms with van der Waals surface area (Å²) in [5, 5.41) is 10.3. The van der Waals surface area contributed by atoms with Gasteiger partial charge >= 0.3 is 0 Å². The van der Waals surface area contributed by atoms with E-state index in [1.807, 2.05) is 28.4 Å². The number of carbonyl (C=O) groups excluding carboxylic acids is 1. The molecule has 0 atom stereocenters. The smallest absolute Gasteiger partial charge is 0.225 e. The maximum absolute atomic E-state index is 12.0. The number of rotatable bonds is 6. The first kappa shape index (κ1) is 16.0. The van der Waals surface area contributed by atoms with Crippen molar-refractivity contribution < 1.29 is 4.79 Å². The van der Waals surface area contributed by atoms with Gasteiger partial charge in [-0.1, -0.05) is 6.07 Å². The third-order valence-corrected chi connectivity index (χ3v) is 5.26. The zero-order valence-electron chi connectivity index (χ0n) is 13.9. The Morgan fingerprint density at radius 2 is 2.16 bits per heavy atom. The second kappa shape index (κ2) is 7.18. The minimum absolute atomic E-state index is 0.0336. The van der Waals surface area contributed by atoms with Crippen LogP contribution in [0.5, 0.6) is 0 Å². The zero-order chi connectivity index (χ0) is 17.1. The van der Waals surface area contributed by atoms with E-state index >= 15 is 0 Å². The molecule has 1 fully saturated rings. The summed E-state index contributed by atoms with van der Waals surface area (Å²) in [6, 6.07) is 3.93. The highest BCUT2D eigenvalue weighted by atomic mass is 32.1. The molecule has 3 aromatic rings. The number of amides is 1. The first-order valence-electron chi connectivity index (χ1n) is 8.52. The quantitative estimate of drug-likeness (QED) is 0.729. The highest BCUT2D eigenvalue weighted by Gasteiger charge is 2.18. The molecule has 1 aliphatic rings. The van der Waals surface area contributed by atoms with Crippen LogP contribution in [0.25, 0.3) is 11.0 Å². The Kier molecular flexibility index (Phi) is 4.60. The van der Waals surface area contributed by atoms with Crippen molar-refractivity contribution >= 4 is 34.1 Å². The summed E-state index contributed by atoms with van der Waals surface area (Å²) < 4.78 is 1.84. The van der Waals surface area contributed by atoms with Gasteiger partial charge in [-0.2, -0.15) is 5.10 Å². The third kappa shape index (κ3) is 3.48. The number of thiophene rings is 1. The third-order valence-electron chi connectivity index (χ3n) is 4.38. The van der Waals surface area contributed by atoms with Crippen molar-refractivity contribution in [3.05, 3.63) is 34.9 Å². The molecule has 8 heteroatoms. The highest BCUT2D eigenvalue weighted by Crippen LogP contribution is 2.25. The lowest BCUT2D eigenvalue weighted by Crippen LogP contribution is -2.28. The molecule has 0 aromatic carbocycles. The van der Waals surface area contributed by atoms with Gasteiger partial charge in [0.2, 0.25) is 5.91 Å². The van der Waals surface area contributed by atoms with Crippen molar-refractivity contribution in [2.24, 2.45) is 0 Å². The van der Waals surface area contributed by atoms with Gasteiger partial charge in [0.25, 0.3) is 0 Å². The largest absolute Gasteiger partial charge is 0.356 e. The number of nitrogens with one attached hydrogen (secondary N) is 1. The maximum atomic E-state index is 12.0. The standard InChI is InChI=1S/C17H20N6OS/c24-15(10-13-4-3-9-25-13)18-5-8-23-17-14(11-21-23)16(19-12-20-17)22-6-1-2-7-22/h3-4,9,11-12H,1-2,5-8,10H2,(H,18,24). The van der Waals surface area contributed by atoms with Crippen molar-refractivity contribution in [3.8, 4) is 0 Å². The molecule has 0 saturated carbocycles. The average Bonchev–Trinajstić information content (AvgIpc) is 3.36. The minimum atomic E-state index is 0.0336. The van der Waals surface area contributed by atoms with E-state index in [1.165, 1.54) is 12.8 Å². The fraction of sp³-hybridized carbons (Fsp3) is 0.412. The van der Waals surface area contributed by atoms with Crippen molar-refractivity contribution in [3.63, 3.8) is 0 Å². The molecule has 130 valence electrons. The summed E-state index contributed by atoms with van der Waals surface area (Å²) in [7, 11) is 0. The Balaban J connectivity index is 1.40. The SMILES string of the molecule is O=C(Cc1cccs1)NCCn1ncc2c(N3CCCC3)ncnc21. The van der Waals surface area contributed by atoms with Gasteiger partial charge in [0.05, 0.1) is 24.5 Å². The lowest BCUT2D eigenvalue weighted by Gasteiger charge is -2.16. The lowest BCUT2D eigenvalue weighted by atomic mass is 10.3. The Morgan fingerprint density at radius 3 is 2.96 bits per heavy atom. The van der Waals surface area contributed by atoms with E-state index in [4.69, 9.17) is 0 Å². The van der Waals surface area contributed by atoms with Crippen LogP contribution in [0.15, 0.2) is 30.0 Å². The molecule has 4 heterocycles. The molecular formula is C17H20N6OS. The molecular weight excluding hydrogens is 336 g/mol. The Labute approximate surface area is 149 Å². The highest BCUT2D eigenvalue weighted by molar-refractivity contribution is 7.10. The van der Waals surface area contributed by atoms with Crippen molar-refractivity contribution in [2.45, 2.75) is 25.8 Å². The fourth-order valence-corrected chi connectivity index (χ4v) is 3.86. The van der Waals surface area contributed by atoms with Crippen LogP contribution >= 0.6 is 11.3 Å². The molecule has 1 N–H and O–H groups in total. The summed E-state index contributed by atoms with van der Waals surface area (Å²) >= 11 is 1.60. The average molecular weight is 356 g/mol. The summed E-state index contributed by atoms with van der Waals surface area (Å²) in [5.41, 5.74) is 0.824. The number of hydrogen-bond donors (Lipinski definition) is 1. The van der Waals surface area contributed by atoms with Crippen LogP contribution in [0.1, 0.15) is 17.7 Å². The van der Waals surface area contributed by atoms with Crippen LogP contribution < -0.4 is 10.2 Å². The Bertz CT molecular complexity index is 853. The number of hydrogen-bond acceptors (Lipinski definition) is 6. The number of aromatic nitrogens is 4. The van der Waals surface area contributed by atoms with Crippen molar-refractivity contribution in [2.75, 3.05) is 24.5 Å². The van der Waals surface area contributed by atoms with Gasteiger partial charge in [-0.05, 0) is 24.3 Å². The molecule has 0 spiro atoms. The van der Waals surface area contributed by atoms with Gasteiger partial charge in [-0.3, -0.25) is 4.79 Å². The number of fused-ring (bicyclic) bond motifs is 1. The van der Waals surface area contributed by atoms with E-state index < -0.39 is 0 Å². The monoisotopic (exact) mass is 356 g/mol. The minimum Gasteiger partial charge on any atom is -0.356 e. The second-order valence-corrected chi connectivity index (χ2v) is 7.13. The van der Waals surface area contributed by atoms with Crippen molar-refractivity contribution in [1.29, 1.82) is 0 Å². The van der Waals surface area contributed by atoms with E-state index in [2.05, 4.69) is 25.3 Å². The van der Waals surface area contributed by atoms with Crippen LogP contribution in [0.3, 0.4) is 0 Å². The fourth-order valence-electron chi connectivity index (χ4n) is 3.16. The molecule has 0 aliphatic carbocycles. The number of nitrogens with zero attached hydrogens (tertiary/aromatic N) is 5. The summed E-state index contributed by atoms with van der Waals surface area (Å²) in [6.45, 7) is 3.20. The number of carbonyl (C=O) groups is 1. The Hall–Kier alpha value is -2.48. The van der Waals surface area contributed by atoms with E-state index in [-0.39, 0.29) is 5.91 Å². The first-order valence-corrected chi connectivity index (χ1v) is 9.40. The molecule has 0 radical (unpaired) electrons. The van der Waals surface area contributed by atoms with Gasteiger partial charge in [-0.15, -0.1) is 11.3 Å². The van der Waals surface area contributed by atoms with Crippen molar-refractivity contribution in [1.82, 2.24) is 25.1 Å². The van der Waals surface area contributed by atoms with Crippen LogP contribution in [0.4, 0.5) is 5.82 Å². The molecule has 4 rings (SSSR count). The lowest BCUT2D eigenvalue weighted by molar-refractivity contribution is -0.120. The van der Waals surface area contributed by atoms with Gasteiger partial charge in [0.1, 0.15) is 12.1 Å². The summed E-state index contributed by atoms with van der Waals surface area (Å²) in [4.78, 5) is 24.2. The predicted molar refractivity (Wildman–Crippen MR) is 97.8 cm³/mol. The van der Waals surface area contributed by atoms with Gasteiger partial charge in [-0.25, -0.2) is 14.6 Å². The molecule has 1 saturated heterocycles. The van der Waals surface area contributed by atoms with E-state index in [1.54, 1.807) is 17.7 Å². The number of anilines is 1. The summed E-state index contributed by atoms with van der Waals surface area (Å²) in [5.74, 6) is 1.00. The van der Waals surface area contributed by atoms with Gasteiger partial charge in [0, 0.05) is 24.5 Å². The van der Waals surface area contributed by atoms with Crippen LogP contribution in [0.2, 0.25) is 0 Å². The van der Waals surface area contributed by atoms with Crippen LogP contribution in [0, 0.1) is 0 Å². The Morgan fingerprint density at radius 1 is 1.28 bits per heavy atom. The van der Waals surface area contributed by atoms with E-state index in [9.17, 15) is 4.79 Å². The molecule has 7 nitrogen and oxygen atoms in total. The van der Waals surface area contributed by atoms with Crippen LogP contribution in [-0.4, -0.2) is 45.3 Å². The first-order chi connectivity index (χ1) is 12.3. The van der Waals surface area contributed by atoms with Gasteiger partial charge in [0.15, 0.2) is 5.65 Å². The maximum Gasteiger partial charge on any atom is 0.225 e. The van der Waals surface area contributed by atoms with Gasteiger partial charge < -0.3 is 10.2 Å². The topological polar surface area (TPSA) is 75.9 Å². The summed E-state index contributed by atoms with van der Waals surface area (Å²) in [6.07, 6.45) is 6.27. The van der Waals surface area contributed by atoms with E-state index in [0.29, 0.717) is 19.5 Å².